The first-order valence-electron chi connectivity index (χ1n) is 12.1. The van der Waals surface area contributed by atoms with Gasteiger partial charge in [0.05, 0.1) is 10.8 Å². The first kappa shape index (κ1) is 23.4. The predicted octanol–water partition coefficient (Wildman–Crippen LogP) is 4.93. The highest BCUT2D eigenvalue weighted by molar-refractivity contribution is 7.91. The quantitative estimate of drug-likeness (QED) is 0.412. The molecule has 3 fully saturated rings. The third kappa shape index (κ3) is 4.70. The summed E-state index contributed by atoms with van der Waals surface area (Å²) in [6.07, 6.45) is 7.37. The summed E-state index contributed by atoms with van der Waals surface area (Å²) >= 11 is 6.51. The third-order valence-corrected chi connectivity index (χ3v) is 8.85. The van der Waals surface area contributed by atoms with Crippen molar-refractivity contribution < 1.29 is 12.8 Å². The maximum absolute atomic E-state index is 13.9. The lowest BCUT2D eigenvalue weighted by molar-refractivity contribution is 0.538. The van der Waals surface area contributed by atoms with Crippen LogP contribution in [0.15, 0.2) is 63.3 Å². The van der Waals surface area contributed by atoms with Crippen LogP contribution in [0.3, 0.4) is 0 Å². The molecule has 36 heavy (non-hydrogen) atoms. The molecule has 0 N–H and O–H groups in total. The molecule has 6 nitrogen and oxygen atoms in total. The predicted molar refractivity (Wildman–Crippen MR) is 138 cm³/mol. The van der Waals surface area contributed by atoms with Gasteiger partial charge >= 0.3 is 0 Å². The second-order valence-corrected chi connectivity index (χ2v) is 12.0. The molecular weight excluding hydrogens is 499 g/mol. The number of rotatable bonds is 5. The Labute approximate surface area is 215 Å². The molecule has 0 amide bonds. The van der Waals surface area contributed by atoms with Crippen LogP contribution in [0, 0.1) is 29.5 Å². The number of aromatic nitrogens is 1. The van der Waals surface area contributed by atoms with Crippen molar-refractivity contribution in [2.45, 2.75) is 43.4 Å². The lowest BCUT2D eigenvalue weighted by Gasteiger charge is -2.31. The largest absolute Gasteiger partial charge is 0.327 e. The van der Waals surface area contributed by atoms with E-state index in [1.807, 2.05) is 18.2 Å². The number of benzene rings is 1. The molecule has 0 radical (unpaired) electrons. The molecule has 1 saturated heterocycles. The first-order valence-corrected chi connectivity index (χ1v) is 14.0. The topological polar surface area (TPSA) is 75.0 Å². The maximum Gasteiger partial charge on any atom is 0.255 e. The van der Waals surface area contributed by atoms with E-state index in [1.165, 1.54) is 12.1 Å². The first-order chi connectivity index (χ1) is 17.4. The number of sulfonamides is 1. The minimum atomic E-state index is -3.45. The van der Waals surface area contributed by atoms with Crippen molar-refractivity contribution >= 4 is 33.7 Å². The van der Waals surface area contributed by atoms with Gasteiger partial charge in [-0.05, 0) is 56.4 Å². The van der Waals surface area contributed by atoms with Gasteiger partial charge in [-0.1, -0.05) is 35.6 Å². The highest BCUT2D eigenvalue weighted by Crippen LogP contribution is 2.43. The number of aliphatic imine (C=N–C) groups is 1. The average molecular weight is 523 g/mol. The van der Waals surface area contributed by atoms with E-state index in [9.17, 15) is 12.8 Å². The summed E-state index contributed by atoms with van der Waals surface area (Å²) in [4.78, 5) is 11.7. The molecule has 0 bridgehead atoms. The number of halogens is 2. The molecule has 184 valence electrons. The Kier molecular flexibility index (Phi) is 5.93. The molecule has 2 aliphatic heterocycles. The molecular formula is C27H24ClFN4O2S. The van der Waals surface area contributed by atoms with Gasteiger partial charge in [0.1, 0.15) is 17.6 Å². The van der Waals surface area contributed by atoms with Gasteiger partial charge in [0.15, 0.2) is 5.84 Å². The number of hydrogen-bond donors (Lipinski definition) is 0. The zero-order valence-electron chi connectivity index (χ0n) is 19.4. The van der Waals surface area contributed by atoms with Crippen LogP contribution in [-0.2, 0) is 10.0 Å². The highest BCUT2D eigenvalue weighted by atomic mass is 35.5. The van der Waals surface area contributed by atoms with Gasteiger partial charge in [0.25, 0.3) is 10.0 Å². The molecule has 0 spiro atoms. The Morgan fingerprint density at radius 1 is 1.17 bits per heavy atom. The van der Waals surface area contributed by atoms with E-state index < -0.39 is 21.9 Å². The molecule has 3 heterocycles. The Morgan fingerprint density at radius 3 is 2.69 bits per heavy atom. The lowest BCUT2D eigenvalue weighted by atomic mass is 9.94. The summed E-state index contributed by atoms with van der Waals surface area (Å²) in [7, 11) is -3.45. The van der Waals surface area contributed by atoms with Crippen LogP contribution in [0.1, 0.15) is 49.4 Å². The zero-order chi connectivity index (χ0) is 24.9. The van der Waals surface area contributed by atoms with Gasteiger partial charge in [-0.15, -0.1) is 0 Å². The van der Waals surface area contributed by atoms with E-state index in [4.69, 9.17) is 16.6 Å². The van der Waals surface area contributed by atoms with Gasteiger partial charge in [-0.2, -0.15) is 4.40 Å². The average Bonchev–Trinajstić information content (AvgIpc) is 3.79. The van der Waals surface area contributed by atoms with Gasteiger partial charge in [-0.3, -0.25) is 9.98 Å². The van der Waals surface area contributed by atoms with Gasteiger partial charge in [0, 0.05) is 47.1 Å². The van der Waals surface area contributed by atoms with E-state index >= 15 is 0 Å². The van der Waals surface area contributed by atoms with Gasteiger partial charge < -0.3 is 4.90 Å². The summed E-state index contributed by atoms with van der Waals surface area (Å²) in [5, 5.41) is -0.0527. The molecule has 4 aliphatic rings. The van der Waals surface area contributed by atoms with Crippen LogP contribution in [0.2, 0.25) is 5.02 Å². The molecule has 2 aromatic rings. The van der Waals surface area contributed by atoms with Crippen molar-refractivity contribution in [2.24, 2.45) is 21.2 Å². The molecule has 6 rings (SSSR count). The van der Waals surface area contributed by atoms with Crippen LogP contribution < -0.4 is 0 Å². The Morgan fingerprint density at radius 2 is 2.00 bits per heavy atom. The zero-order valence-corrected chi connectivity index (χ0v) is 21.0. The molecule has 9 heteroatoms. The minimum absolute atomic E-state index is 0.123. The Balaban J connectivity index is 1.46. The molecule has 1 unspecified atom stereocenters. The normalized spacial score (nSPS) is 23.9. The van der Waals surface area contributed by atoms with E-state index in [-0.39, 0.29) is 16.2 Å². The highest BCUT2D eigenvalue weighted by Gasteiger charge is 2.40. The van der Waals surface area contributed by atoms with E-state index in [1.54, 1.807) is 18.5 Å². The Bertz CT molecular complexity index is 1470. The molecule has 2 aliphatic carbocycles. The number of amidine groups is 1. The number of fused-ring (bicyclic) bond motifs is 1. The standard InChI is InChI=1S/C27H24ClFN4O2S/c28-23-14-19(29)7-11-21(23)26-22(10-6-17-4-5-17)25-13-18(15-31-36(34,35)20-8-9-20)16-33(25)27(32-26)24-3-1-2-12-30-24/h1-3,7,11-12,14-15,17-18,20,26H,4-5,8-9,13,16H2/t18?,26-/m0/s1. The fourth-order valence-electron chi connectivity index (χ4n) is 4.57. The van der Waals surface area contributed by atoms with Crippen molar-refractivity contribution in [3.05, 3.63) is 76.0 Å². The monoisotopic (exact) mass is 522 g/mol. The van der Waals surface area contributed by atoms with Crippen LogP contribution in [0.25, 0.3) is 0 Å². The maximum atomic E-state index is 13.9. The SMILES string of the molecule is O=S(=O)(N=CC1CC2=C(C#CC3CC3)[C@H](c3ccc(F)cc3Cl)N=C(c3ccccn3)N2C1)C1CC1. The smallest absolute Gasteiger partial charge is 0.255 e. The number of pyridine rings is 1. The second kappa shape index (κ2) is 9.13. The van der Waals surface area contributed by atoms with Crippen LogP contribution in [0.4, 0.5) is 4.39 Å². The van der Waals surface area contributed by atoms with Crippen LogP contribution in [-0.4, -0.2) is 42.1 Å². The third-order valence-electron chi connectivity index (χ3n) is 6.79. The summed E-state index contributed by atoms with van der Waals surface area (Å²) in [5.41, 5.74) is 3.14. The summed E-state index contributed by atoms with van der Waals surface area (Å²) in [6, 6.07) is 9.45. The second-order valence-electron chi connectivity index (χ2n) is 9.68. The number of nitrogens with zero attached hydrogens (tertiary/aromatic N) is 4. The minimum Gasteiger partial charge on any atom is -0.327 e. The molecule has 1 aromatic carbocycles. The fourth-order valence-corrected chi connectivity index (χ4v) is 6.09. The number of allylic oxidation sites excluding steroid dienone is 1. The van der Waals surface area contributed by atoms with E-state index in [2.05, 4.69) is 26.1 Å². The van der Waals surface area contributed by atoms with Gasteiger partial charge in [-0.25, -0.2) is 12.8 Å². The summed E-state index contributed by atoms with van der Waals surface area (Å²) in [5.74, 6) is 7.23. The van der Waals surface area contributed by atoms with Crippen molar-refractivity contribution in [1.82, 2.24) is 9.88 Å². The van der Waals surface area contributed by atoms with Crippen LogP contribution >= 0.6 is 11.6 Å². The van der Waals surface area contributed by atoms with Crippen molar-refractivity contribution in [3.63, 3.8) is 0 Å². The molecule has 1 aromatic heterocycles. The van der Waals surface area contributed by atoms with E-state index in [0.717, 1.165) is 24.1 Å². The fraction of sp³-hybridized carbons (Fsp3) is 0.370. The molecule has 2 saturated carbocycles. The molecule has 2 atom stereocenters. The van der Waals surface area contributed by atoms with Crippen molar-refractivity contribution in [2.75, 3.05) is 6.54 Å². The van der Waals surface area contributed by atoms with Crippen molar-refractivity contribution in [1.29, 1.82) is 0 Å². The van der Waals surface area contributed by atoms with Gasteiger partial charge in [0.2, 0.25) is 0 Å². The van der Waals surface area contributed by atoms with E-state index in [0.29, 0.717) is 48.8 Å². The number of hydrogen-bond acceptors (Lipinski definition) is 5. The summed E-state index contributed by atoms with van der Waals surface area (Å²) < 4.78 is 42.6. The van der Waals surface area contributed by atoms with Crippen molar-refractivity contribution in [3.8, 4) is 11.8 Å². The summed E-state index contributed by atoms with van der Waals surface area (Å²) in [6.45, 7) is 0.521. The Hall–Kier alpha value is -3.02. The lowest BCUT2D eigenvalue weighted by Crippen LogP contribution is -2.34. The van der Waals surface area contributed by atoms with Crippen LogP contribution in [0.5, 0.6) is 0 Å².